The zero-order chi connectivity index (χ0) is 15.2. The van der Waals surface area contributed by atoms with Crippen LogP contribution in [0.5, 0.6) is 0 Å². The quantitative estimate of drug-likeness (QED) is 0.558. The highest BCUT2D eigenvalue weighted by Crippen LogP contribution is 2.17. The number of imide groups is 1. The van der Waals surface area contributed by atoms with Gasteiger partial charge in [0, 0.05) is 17.3 Å². The Bertz CT molecular complexity index is 534. The smallest absolute Gasteiger partial charge is 0.316 e. The third-order valence-corrected chi connectivity index (χ3v) is 3.55. The fourth-order valence-electron chi connectivity index (χ4n) is 2.36. The lowest BCUT2D eigenvalue weighted by Gasteiger charge is -2.22. The molecule has 1 aliphatic rings. The standard InChI is InChI=1S/C15H19N3O3/c16-11-8-6-10(7-9-11)13(19)18-15(21)14(20)17-12-4-2-1-3-5-12/h6-9,12H,1-5,16H2,(H,17,20)(H,18,19,21). The van der Waals surface area contributed by atoms with Crippen molar-refractivity contribution >= 4 is 23.4 Å². The molecule has 6 heteroatoms. The maximum Gasteiger partial charge on any atom is 0.316 e. The summed E-state index contributed by atoms with van der Waals surface area (Å²) in [6, 6.07) is 6.14. The van der Waals surface area contributed by atoms with E-state index in [4.69, 9.17) is 5.73 Å². The molecule has 0 saturated heterocycles. The normalized spacial score (nSPS) is 15.2. The van der Waals surface area contributed by atoms with Gasteiger partial charge in [-0.25, -0.2) is 0 Å². The van der Waals surface area contributed by atoms with Crippen molar-refractivity contribution < 1.29 is 14.4 Å². The number of rotatable bonds is 2. The van der Waals surface area contributed by atoms with Gasteiger partial charge in [0.15, 0.2) is 0 Å². The average Bonchev–Trinajstić information content (AvgIpc) is 2.48. The van der Waals surface area contributed by atoms with Crippen LogP contribution in [0.2, 0.25) is 0 Å². The second kappa shape index (κ2) is 6.88. The Morgan fingerprint density at radius 3 is 2.19 bits per heavy atom. The number of nitrogens with one attached hydrogen (secondary N) is 2. The van der Waals surface area contributed by atoms with E-state index in [-0.39, 0.29) is 11.6 Å². The summed E-state index contributed by atoms with van der Waals surface area (Å²) in [6.07, 6.45) is 5.03. The van der Waals surface area contributed by atoms with Gasteiger partial charge >= 0.3 is 11.8 Å². The van der Waals surface area contributed by atoms with Crippen molar-refractivity contribution in [2.45, 2.75) is 38.1 Å². The van der Waals surface area contributed by atoms with Gasteiger partial charge in [0.25, 0.3) is 5.91 Å². The molecule has 2 rings (SSSR count). The number of amides is 3. The van der Waals surface area contributed by atoms with Crippen LogP contribution in [0.4, 0.5) is 5.69 Å². The molecule has 112 valence electrons. The van der Waals surface area contributed by atoms with E-state index in [1.54, 1.807) is 12.1 Å². The van der Waals surface area contributed by atoms with Gasteiger partial charge in [0.05, 0.1) is 0 Å². The number of nitrogen functional groups attached to an aromatic ring is 1. The molecule has 1 aliphatic carbocycles. The third kappa shape index (κ3) is 4.30. The molecule has 0 spiro atoms. The summed E-state index contributed by atoms with van der Waals surface area (Å²) in [5, 5.41) is 4.74. The summed E-state index contributed by atoms with van der Waals surface area (Å²) in [7, 11) is 0. The lowest BCUT2D eigenvalue weighted by atomic mass is 9.95. The van der Waals surface area contributed by atoms with Crippen molar-refractivity contribution in [3.05, 3.63) is 29.8 Å². The van der Waals surface area contributed by atoms with Crippen molar-refractivity contribution in [1.82, 2.24) is 10.6 Å². The van der Waals surface area contributed by atoms with E-state index < -0.39 is 17.7 Å². The van der Waals surface area contributed by atoms with Gasteiger partial charge in [0.1, 0.15) is 0 Å². The Hall–Kier alpha value is -2.37. The van der Waals surface area contributed by atoms with Crippen LogP contribution in [0.1, 0.15) is 42.5 Å². The Balaban J connectivity index is 1.86. The van der Waals surface area contributed by atoms with Gasteiger partial charge in [-0.3, -0.25) is 19.7 Å². The van der Waals surface area contributed by atoms with Crippen molar-refractivity contribution in [3.8, 4) is 0 Å². The minimum Gasteiger partial charge on any atom is -0.399 e. The molecule has 0 heterocycles. The molecule has 0 aromatic heterocycles. The number of hydrogen-bond acceptors (Lipinski definition) is 4. The molecule has 4 N–H and O–H groups in total. The van der Waals surface area contributed by atoms with E-state index in [9.17, 15) is 14.4 Å². The number of anilines is 1. The van der Waals surface area contributed by atoms with Crippen molar-refractivity contribution in [2.75, 3.05) is 5.73 Å². The summed E-state index contributed by atoms with van der Waals surface area (Å²) in [4.78, 5) is 35.2. The van der Waals surface area contributed by atoms with Crippen LogP contribution in [0.15, 0.2) is 24.3 Å². The number of carbonyl (C=O) groups excluding carboxylic acids is 3. The summed E-state index contributed by atoms with van der Waals surface area (Å²) in [5.74, 6) is -2.30. The summed E-state index contributed by atoms with van der Waals surface area (Å²) < 4.78 is 0. The van der Waals surface area contributed by atoms with E-state index in [0.717, 1.165) is 32.1 Å². The number of hydrogen-bond donors (Lipinski definition) is 3. The van der Waals surface area contributed by atoms with Gasteiger partial charge in [-0.1, -0.05) is 19.3 Å². The fourth-order valence-corrected chi connectivity index (χ4v) is 2.36. The van der Waals surface area contributed by atoms with Crippen molar-refractivity contribution in [2.24, 2.45) is 0 Å². The molecule has 0 atom stereocenters. The van der Waals surface area contributed by atoms with Crippen LogP contribution in [-0.4, -0.2) is 23.8 Å². The van der Waals surface area contributed by atoms with Crippen LogP contribution in [-0.2, 0) is 9.59 Å². The van der Waals surface area contributed by atoms with Gasteiger partial charge in [0.2, 0.25) is 0 Å². The van der Waals surface area contributed by atoms with Gasteiger partial charge < -0.3 is 11.1 Å². The van der Waals surface area contributed by atoms with Crippen molar-refractivity contribution in [3.63, 3.8) is 0 Å². The van der Waals surface area contributed by atoms with Gasteiger partial charge in [-0.15, -0.1) is 0 Å². The summed E-state index contributed by atoms with van der Waals surface area (Å²) in [6.45, 7) is 0. The van der Waals surface area contributed by atoms with E-state index in [2.05, 4.69) is 10.6 Å². The lowest BCUT2D eigenvalue weighted by Crippen LogP contribution is -2.46. The summed E-state index contributed by atoms with van der Waals surface area (Å²) in [5.41, 5.74) is 6.32. The Morgan fingerprint density at radius 2 is 1.57 bits per heavy atom. The van der Waals surface area contributed by atoms with Crippen molar-refractivity contribution in [1.29, 1.82) is 0 Å². The van der Waals surface area contributed by atoms with E-state index in [1.807, 2.05) is 0 Å². The second-order valence-corrected chi connectivity index (χ2v) is 5.21. The molecule has 1 saturated carbocycles. The molecule has 0 radical (unpaired) electrons. The fraction of sp³-hybridized carbons (Fsp3) is 0.400. The highest BCUT2D eigenvalue weighted by molar-refractivity contribution is 6.38. The first-order chi connectivity index (χ1) is 10.1. The topological polar surface area (TPSA) is 101 Å². The van der Waals surface area contributed by atoms with E-state index in [1.165, 1.54) is 12.1 Å². The van der Waals surface area contributed by atoms with Crippen LogP contribution < -0.4 is 16.4 Å². The minimum atomic E-state index is -0.928. The number of carbonyl (C=O) groups is 3. The Labute approximate surface area is 123 Å². The monoisotopic (exact) mass is 289 g/mol. The molecule has 0 unspecified atom stereocenters. The van der Waals surface area contributed by atoms with Gasteiger partial charge in [-0.2, -0.15) is 0 Å². The zero-order valence-corrected chi connectivity index (χ0v) is 11.7. The molecular formula is C15H19N3O3. The highest BCUT2D eigenvalue weighted by atomic mass is 16.2. The highest BCUT2D eigenvalue weighted by Gasteiger charge is 2.22. The molecular weight excluding hydrogens is 270 g/mol. The molecule has 1 aromatic rings. The Kier molecular flexibility index (Phi) is 4.92. The maximum absolute atomic E-state index is 11.8. The van der Waals surface area contributed by atoms with Gasteiger partial charge in [-0.05, 0) is 37.1 Å². The molecule has 1 aromatic carbocycles. The largest absolute Gasteiger partial charge is 0.399 e. The third-order valence-electron chi connectivity index (χ3n) is 3.55. The predicted octanol–water partition coefficient (Wildman–Crippen LogP) is 0.974. The second-order valence-electron chi connectivity index (χ2n) is 5.21. The Morgan fingerprint density at radius 1 is 0.952 bits per heavy atom. The first-order valence-corrected chi connectivity index (χ1v) is 7.08. The average molecular weight is 289 g/mol. The molecule has 0 aliphatic heterocycles. The first-order valence-electron chi connectivity index (χ1n) is 7.08. The zero-order valence-electron chi connectivity index (χ0n) is 11.7. The number of nitrogens with two attached hydrogens (primary N) is 1. The molecule has 21 heavy (non-hydrogen) atoms. The predicted molar refractivity (Wildman–Crippen MR) is 78.3 cm³/mol. The summed E-state index contributed by atoms with van der Waals surface area (Å²) >= 11 is 0. The van der Waals surface area contributed by atoms with E-state index >= 15 is 0 Å². The molecule has 6 nitrogen and oxygen atoms in total. The van der Waals surface area contributed by atoms with Crippen LogP contribution in [0.3, 0.4) is 0 Å². The van der Waals surface area contributed by atoms with Crippen LogP contribution in [0, 0.1) is 0 Å². The SMILES string of the molecule is Nc1ccc(C(=O)NC(=O)C(=O)NC2CCCCC2)cc1. The van der Waals surface area contributed by atoms with E-state index in [0.29, 0.717) is 5.69 Å². The molecule has 3 amide bonds. The minimum absolute atomic E-state index is 0.0311. The van der Waals surface area contributed by atoms with Crippen LogP contribution in [0.25, 0.3) is 0 Å². The lowest BCUT2D eigenvalue weighted by molar-refractivity contribution is -0.139. The maximum atomic E-state index is 11.8. The van der Waals surface area contributed by atoms with Crippen LogP contribution >= 0.6 is 0 Å². The molecule has 0 bridgehead atoms. The first kappa shape index (κ1) is 15.0. The molecule has 1 fully saturated rings. The number of benzene rings is 1.